The Kier molecular flexibility index (Phi) is 19.9. The van der Waals surface area contributed by atoms with Crippen molar-refractivity contribution in [3.8, 4) is 23.0 Å². The van der Waals surface area contributed by atoms with Gasteiger partial charge in [-0.25, -0.2) is 16.8 Å². The first-order chi connectivity index (χ1) is 30.6. The summed E-state index contributed by atoms with van der Waals surface area (Å²) >= 11 is 5.59. The maximum absolute atomic E-state index is 10.7. The lowest BCUT2D eigenvalue weighted by Gasteiger charge is -2.09. The van der Waals surface area contributed by atoms with Gasteiger partial charge in [0.15, 0.2) is 39.8 Å². The Bertz CT molecular complexity index is 2320. The average molecular weight is 1040 g/mol. The Morgan fingerprint density at radius 3 is 0.846 bits per heavy atom. The van der Waals surface area contributed by atoms with E-state index in [1.165, 1.54) is 36.4 Å². The van der Waals surface area contributed by atoms with Gasteiger partial charge in [-0.15, -0.1) is 0 Å². The number of benzene rings is 4. The number of rotatable bonds is 16. The Morgan fingerprint density at radius 2 is 0.662 bits per heavy atom. The summed E-state index contributed by atoms with van der Waals surface area (Å²) in [5.74, 6) is 3.58. The molecule has 0 aliphatic rings. The second kappa shape index (κ2) is 24.1. The molecular formula is C42H40F6O10S7. The summed E-state index contributed by atoms with van der Waals surface area (Å²) < 4.78 is 146. The molecule has 0 aliphatic heterocycles. The second-order valence-electron chi connectivity index (χ2n) is 12.3. The maximum atomic E-state index is 10.7. The number of alkyl halides is 6. The molecular weight excluding hydrogens is 1000 g/mol. The first kappa shape index (κ1) is 53.5. The van der Waals surface area contributed by atoms with Crippen LogP contribution in [0.4, 0.5) is 26.3 Å². The van der Waals surface area contributed by atoms with Gasteiger partial charge in [0.1, 0.15) is 44.8 Å². The monoisotopic (exact) mass is 1040 g/mol. The molecule has 4 aromatic carbocycles. The molecule has 0 radical (unpaired) electrons. The molecule has 6 aromatic rings. The van der Waals surface area contributed by atoms with E-state index in [1.807, 2.05) is 62.1 Å². The summed E-state index contributed by atoms with van der Waals surface area (Å²) in [6.45, 7) is 10.7. The number of ether oxygens (including phenoxy) is 4. The van der Waals surface area contributed by atoms with Crippen molar-refractivity contribution in [2.75, 3.05) is 26.4 Å². The van der Waals surface area contributed by atoms with E-state index in [0.717, 1.165) is 23.0 Å². The topological polar surface area (TPSA) is 151 Å². The van der Waals surface area contributed by atoms with Gasteiger partial charge < -0.3 is 28.1 Å². The molecule has 2 aromatic heterocycles. The van der Waals surface area contributed by atoms with Crippen LogP contribution in [0.25, 0.3) is 0 Å². The lowest BCUT2D eigenvalue weighted by atomic mass is 10.3. The van der Waals surface area contributed by atoms with Crippen LogP contribution in [-0.4, -0.2) is 63.4 Å². The minimum atomic E-state index is -6.09. The molecule has 6 rings (SSSR count). The zero-order valence-corrected chi connectivity index (χ0v) is 40.3. The summed E-state index contributed by atoms with van der Waals surface area (Å²) in [6.07, 6.45) is 0. The third kappa shape index (κ3) is 16.1. The fraction of sp³-hybridized carbons (Fsp3) is 0.238. The SMILES string of the molecule is CCOc1ccc([S+](c2ccc(OCC)cc2)c2ccc(Sc3ccc([S+](c4ccc(OCC)cc4)c4ccc(OCC)cc4)s3)s2)cc1.O=S(=O)([O-])C(F)(F)F.O=S(=O)([O-])C(F)(F)F. The fourth-order valence-electron chi connectivity index (χ4n) is 5.13. The van der Waals surface area contributed by atoms with Gasteiger partial charge >= 0.3 is 11.0 Å². The molecule has 0 saturated heterocycles. The van der Waals surface area contributed by atoms with E-state index < -0.39 is 31.3 Å². The first-order valence-electron chi connectivity index (χ1n) is 18.9. The standard InChI is InChI=1S/C40H40O4S5.2CHF3O3S/c1-5-41-29-9-17-33(18-10-29)48(34-19-11-30(12-20-34)42-6-2)39-27-25-37(46-39)45-38-26-28-40(47-38)49(35-21-13-31(14-22-35)43-7-3)36-23-15-32(16-24-36)44-8-4;2*2-1(3,4)8(5,6)7/h9-28H,5-8H2,1-4H3;2*(H,5,6,7)/q+2;;/p-2. The van der Waals surface area contributed by atoms with Gasteiger partial charge in [-0.05, 0) is 137 Å². The predicted octanol–water partition coefficient (Wildman–Crippen LogP) is 11.8. The van der Waals surface area contributed by atoms with Crippen molar-refractivity contribution in [2.24, 2.45) is 0 Å². The molecule has 0 N–H and O–H groups in total. The Hall–Kier alpha value is -4.07. The molecule has 352 valence electrons. The average Bonchev–Trinajstić information content (AvgIpc) is 3.90. The molecule has 23 heteroatoms. The van der Waals surface area contributed by atoms with E-state index in [9.17, 15) is 26.3 Å². The maximum Gasteiger partial charge on any atom is 0.485 e. The molecule has 0 unspecified atom stereocenters. The van der Waals surface area contributed by atoms with Gasteiger partial charge in [-0.1, -0.05) is 34.4 Å². The Morgan fingerprint density at radius 1 is 0.446 bits per heavy atom. The molecule has 0 spiro atoms. The van der Waals surface area contributed by atoms with Gasteiger partial charge in [-0.2, -0.15) is 26.3 Å². The first-order valence-corrected chi connectivity index (χ1v) is 26.6. The zero-order valence-electron chi connectivity index (χ0n) is 34.6. The third-order valence-electron chi connectivity index (χ3n) is 7.77. The van der Waals surface area contributed by atoms with Crippen LogP contribution < -0.4 is 18.9 Å². The van der Waals surface area contributed by atoms with Crippen LogP contribution in [0.5, 0.6) is 23.0 Å². The molecule has 0 bridgehead atoms. The fourth-order valence-corrected chi connectivity index (χ4v) is 14.3. The summed E-state index contributed by atoms with van der Waals surface area (Å²) in [5, 5.41) is 0. The molecule has 65 heavy (non-hydrogen) atoms. The van der Waals surface area contributed by atoms with E-state index in [-0.39, 0.29) is 21.8 Å². The van der Waals surface area contributed by atoms with Gasteiger partial charge in [0.2, 0.25) is 8.42 Å². The summed E-state index contributed by atoms with van der Waals surface area (Å²) in [7, 11) is -12.7. The summed E-state index contributed by atoms with van der Waals surface area (Å²) in [4.78, 5) is 5.05. The van der Waals surface area contributed by atoms with Gasteiger partial charge in [-0.3, -0.25) is 0 Å². The van der Waals surface area contributed by atoms with Crippen LogP contribution in [0, 0.1) is 0 Å². The molecule has 0 saturated carbocycles. The molecule has 2 heterocycles. The molecule has 0 aliphatic carbocycles. The van der Waals surface area contributed by atoms with Crippen LogP contribution in [0.1, 0.15) is 27.7 Å². The highest BCUT2D eigenvalue weighted by molar-refractivity contribution is 8.04. The van der Waals surface area contributed by atoms with Crippen LogP contribution in [0.3, 0.4) is 0 Å². The van der Waals surface area contributed by atoms with Crippen molar-refractivity contribution in [3.05, 3.63) is 121 Å². The van der Waals surface area contributed by atoms with Crippen LogP contribution >= 0.6 is 34.4 Å². The predicted molar refractivity (Wildman–Crippen MR) is 239 cm³/mol. The Balaban J connectivity index is 0.000000492. The molecule has 0 fully saturated rings. The number of thiophene rings is 2. The van der Waals surface area contributed by atoms with Crippen molar-refractivity contribution in [2.45, 2.75) is 75.1 Å². The smallest absolute Gasteiger partial charge is 0.485 e. The molecule has 0 amide bonds. The van der Waals surface area contributed by atoms with E-state index in [0.29, 0.717) is 26.4 Å². The summed E-state index contributed by atoms with van der Waals surface area (Å²) in [6, 6.07) is 43.4. The number of halogens is 6. The molecule has 10 nitrogen and oxygen atoms in total. The zero-order chi connectivity index (χ0) is 48.0. The van der Waals surface area contributed by atoms with E-state index in [2.05, 4.69) is 121 Å². The minimum Gasteiger partial charge on any atom is -0.741 e. The van der Waals surface area contributed by atoms with Crippen molar-refractivity contribution >= 4 is 76.5 Å². The van der Waals surface area contributed by atoms with Crippen molar-refractivity contribution in [1.29, 1.82) is 0 Å². The number of hydrogen-bond donors (Lipinski definition) is 0. The lowest BCUT2D eigenvalue weighted by molar-refractivity contribution is -0.0522. The minimum absolute atomic E-state index is 0.257. The lowest BCUT2D eigenvalue weighted by Crippen LogP contribution is -2.21. The highest BCUT2D eigenvalue weighted by atomic mass is 32.2. The Labute approximate surface area is 391 Å². The second-order valence-corrected chi connectivity index (χ2v) is 23.3. The summed E-state index contributed by atoms with van der Waals surface area (Å²) in [5.41, 5.74) is -11.3. The van der Waals surface area contributed by atoms with Gasteiger partial charge in [0, 0.05) is 12.1 Å². The third-order valence-corrected chi connectivity index (χ3v) is 17.5. The van der Waals surface area contributed by atoms with E-state index in [4.69, 9.17) is 44.9 Å². The molecule has 0 atom stereocenters. The van der Waals surface area contributed by atoms with E-state index >= 15 is 0 Å². The van der Waals surface area contributed by atoms with Gasteiger partial charge in [0.05, 0.1) is 34.8 Å². The van der Waals surface area contributed by atoms with Crippen LogP contribution in [0.2, 0.25) is 0 Å². The van der Waals surface area contributed by atoms with Crippen LogP contribution in [0.15, 0.2) is 158 Å². The largest absolute Gasteiger partial charge is 0.741 e. The van der Waals surface area contributed by atoms with E-state index in [1.54, 1.807) is 0 Å². The van der Waals surface area contributed by atoms with Crippen LogP contribution in [-0.2, 0) is 42.0 Å². The highest BCUT2D eigenvalue weighted by Crippen LogP contribution is 2.45. The van der Waals surface area contributed by atoms with Crippen molar-refractivity contribution < 1.29 is 71.2 Å². The normalized spacial score (nSPS) is 11.9. The number of hydrogen-bond acceptors (Lipinski definition) is 13. The van der Waals surface area contributed by atoms with Crippen molar-refractivity contribution in [3.63, 3.8) is 0 Å². The quantitative estimate of drug-likeness (QED) is 0.0394. The highest BCUT2D eigenvalue weighted by Gasteiger charge is 2.38. The van der Waals surface area contributed by atoms with Crippen molar-refractivity contribution in [1.82, 2.24) is 0 Å². The van der Waals surface area contributed by atoms with Gasteiger partial charge in [0.25, 0.3) is 0 Å².